The van der Waals surface area contributed by atoms with Crippen LogP contribution in [-0.4, -0.2) is 52.7 Å². The summed E-state index contributed by atoms with van der Waals surface area (Å²) in [6, 6.07) is 10.4. The van der Waals surface area contributed by atoms with Gasteiger partial charge in [-0.2, -0.15) is 0 Å². The molecule has 1 aromatic carbocycles. The van der Waals surface area contributed by atoms with E-state index in [0.29, 0.717) is 17.4 Å². The van der Waals surface area contributed by atoms with Crippen LogP contribution in [0.2, 0.25) is 0 Å². The maximum Gasteiger partial charge on any atom is 0.410 e. The fraction of sp³-hybridized carbons (Fsp3) is 0.741. The standard InChI is InChI=1S/C27H36N2O2/c30-25(31-22-5-3-6-22)29-24-9-8-20-18-21(11-13-27(20,24)29)28-16-14-26(15-17-28)12-10-19-4-1-2-7-23(19)26/h1-2,4,7,20-22,24H,3,5-6,8-18H2. The first-order chi connectivity index (χ1) is 15.2. The quantitative estimate of drug-likeness (QED) is 0.628. The van der Waals surface area contributed by atoms with Gasteiger partial charge < -0.3 is 9.64 Å². The Morgan fingerprint density at radius 3 is 2.61 bits per heavy atom. The molecule has 5 fully saturated rings. The van der Waals surface area contributed by atoms with Crippen LogP contribution >= 0.6 is 0 Å². The predicted octanol–water partition coefficient (Wildman–Crippen LogP) is 5.04. The van der Waals surface area contributed by atoms with Crippen molar-refractivity contribution in [3.05, 3.63) is 35.4 Å². The van der Waals surface area contributed by atoms with E-state index in [1.165, 1.54) is 77.3 Å². The van der Waals surface area contributed by atoms with E-state index < -0.39 is 0 Å². The van der Waals surface area contributed by atoms with Crippen LogP contribution in [-0.2, 0) is 16.6 Å². The van der Waals surface area contributed by atoms with E-state index in [1.807, 2.05) is 0 Å². The average molecular weight is 421 g/mol. The van der Waals surface area contributed by atoms with Gasteiger partial charge in [0.25, 0.3) is 0 Å². The Morgan fingerprint density at radius 2 is 1.81 bits per heavy atom. The number of rotatable bonds is 2. The van der Waals surface area contributed by atoms with Crippen molar-refractivity contribution in [3.8, 4) is 0 Å². The minimum atomic E-state index is 0.0117. The van der Waals surface area contributed by atoms with Crippen molar-refractivity contribution >= 4 is 6.09 Å². The number of carbonyl (C=O) groups is 1. The Balaban J connectivity index is 0.998. The zero-order valence-corrected chi connectivity index (χ0v) is 18.7. The molecule has 0 N–H and O–H groups in total. The highest BCUT2D eigenvalue weighted by Gasteiger charge is 2.73. The number of amides is 1. The number of carbonyl (C=O) groups excluding carboxylic acids is 1. The van der Waals surface area contributed by atoms with Crippen LogP contribution < -0.4 is 0 Å². The summed E-state index contributed by atoms with van der Waals surface area (Å²) >= 11 is 0. The molecule has 1 amide bonds. The van der Waals surface area contributed by atoms with Crippen LogP contribution in [0.3, 0.4) is 0 Å². The van der Waals surface area contributed by atoms with Crippen molar-refractivity contribution < 1.29 is 9.53 Å². The molecule has 7 rings (SSSR count). The predicted molar refractivity (Wildman–Crippen MR) is 120 cm³/mol. The first kappa shape index (κ1) is 19.0. The van der Waals surface area contributed by atoms with Gasteiger partial charge in [0.1, 0.15) is 6.10 Å². The van der Waals surface area contributed by atoms with Crippen LogP contribution in [0, 0.1) is 5.92 Å². The lowest BCUT2D eigenvalue weighted by Gasteiger charge is -2.46. The number of ether oxygens (including phenoxy) is 1. The molecule has 2 heterocycles. The van der Waals surface area contributed by atoms with Crippen molar-refractivity contribution in [2.24, 2.45) is 5.92 Å². The summed E-state index contributed by atoms with van der Waals surface area (Å²) < 4.78 is 5.79. The molecule has 4 nitrogen and oxygen atoms in total. The third kappa shape index (κ3) is 2.66. The SMILES string of the molecule is O=C(OC1CCC1)N1C2CCC3CC(N4CCC5(CCc6ccccc65)CC4)CCC321. The Hall–Kier alpha value is -1.55. The fourth-order valence-electron chi connectivity index (χ4n) is 8.44. The number of nitrogens with zero attached hydrogens (tertiary/aromatic N) is 2. The van der Waals surface area contributed by atoms with E-state index in [1.54, 1.807) is 11.1 Å². The van der Waals surface area contributed by atoms with Gasteiger partial charge in [-0.15, -0.1) is 0 Å². The van der Waals surface area contributed by atoms with Crippen LogP contribution in [0.4, 0.5) is 4.79 Å². The normalized spacial score (nSPS) is 38.3. The van der Waals surface area contributed by atoms with E-state index >= 15 is 0 Å². The highest BCUT2D eigenvalue weighted by molar-refractivity contribution is 5.74. The van der Waals surface area contributed by atoms with Crippen molar-refractivity contribution in [1.29, 1.82) is 0 Å². The lowest BCUT2D eigenvalue weighted by molar-refractivity contribution is 0.0242. The van der Waals surface area contributed by atoms with Gasteiger partial charge in [0.15, 0.2) is 0 Å². The zero-order valence-electron chi connectivity index (χ0n) is 18.7. The summed E-state index contributed by atoms with van der Waals surface area (Å²) in [7, 11) is 0. The molecule has 1 aromatic rings. The Kier molecular flexibility index (Phi) is 4.12. The minimum Gasteiger partial charge on any atom is -0.446 e. The second-order valence-corrected chi connectivity index (χ2v) is 11.5. The summed E-state index contributed by atoms with van der Waals surface area (Å²) in [6.07, 6.45) is 15.2. The highest BCUT2D eigenvalue weighted by Crippen LogP contribution is 2.63. The monoisotopic (exact) mass is 420 g/mol. The second-order valence-electron chi connectivity index (χ2n) is 11.5. The van der Waals surface area contributed by atoms with Crippen molar-refractivity contribution in [1.82, 2.24) is 9.80 Å². The van der Waals surface area contributed by atoms with Gasteiger partial charge in [-0.25, -0.2) is 4.79 Å². The molecule has 31 heavy (non-hydrogen) atoms. The van der Waals surface area contributed by atoms with Crippen LogP contribution in [0.5, 0.6) is 0 Å². The molecule has 3 saturated carbocycles. The van der Waals surface area contributed by atoms with Gasteiger partial charge in [-0.05, 0) is 113 Å². The molecule has 0 aromatic heterocycles. The Bertz CT molecular complexity index is 887. The molecule has 4 unspecified atom stereocenters. The van der Waals surface area contributed by atoms with Crippen molar-refractivity contribution in [3.63, 3.8) is 0 Å². The van der Waals surface area contributed by atoms with Gasteiger partial charge >= 0.3 is 6.09 Å². The maximum absolute atomic E-state index is 12.8. The maximum atomic E-state index is 12.8. The summed E-state index contributed by atoms with van der Waals surface area (Å²) in [4.78, 5) is 17.8. The molecule has 0 bridgehead atoms. The van der Waals surface area contributed by atoms with Gasteiger partial charge in [0.05, 0.1) is 11.6 Å². The average Bonchev–Trinajstić information content (AvgIpc) is 3.06. The summed E-state index contributed by atoms with van der Waals surface area (Å²) in [6.45, 7) is 2.52. The van der Waals surface area contributed by atoms with Crippen LogP contribution in [0.1, 0.15) is 81.8 Å². The lowest BCUT2D eigenvalue weighted by atomic mass is 9.72. The highest BCUT2D eigenvalue weighted by atomic mass is 16.6. The first-order valence-electron chi connectivity index (χ1n) is 13.0. The second kappa shape index (κ2) is 6.73. The molecule has 166 valence electrons. The summed E-state index contributed by atoms with van der Waals surface area (Å²) in [5.74, 6) is 0.702. The number of aryl methyl sites for hydroxylation is 1. The molecule has 2 saturated heterocycles. The zero-order chi connectivity index (χ0) is 20.6. The molecular weight excluding hydrogens is 384 g/mol. The fourth-order valence-corrected chi connectivity index (χ4v) is 8.44. The largest absolute Gasteiger partial charge is 0.446 e. The molecule has 4 heteroatoms. The number of benzene rings is 1. The molecule has 2 spiro atoms. The topological polar surface area (TPSA) is 32.6 Å². The van der Waals surface area contributed by atoms with Gasteiger partial charge in [0, 0.05) is 6.04 Å². The molecular formula is C27H36N2O2. The first-order valence-corrected chi connectivity index (χ1v) is 13.0. The van der Waals surface area contributed by atoms with Gasteiger partial charge in [0.2, 0.25) is 0 Å². The number of hydrogen-bond donors (Lipinski definition) is 0. The number of piperidine rings is 2. The van der Waals surface area contributed by atoms with Gasteiger partial charge in [-0.3, -0.25) is 4.90 Å². The van der Waals surface area contributed by atoms with Crippen LogP contribution in [0.15, 0.2) is 24.3 Å². The molecule has 2 aliphatic heterocycles. The molecule has 4 atom stereocenters. The van der Waals surface area contributed by atoms with Crippen molar-refractivity contribution in [2.75, 3.05) is 13.1 Å². The lowest BCUT2D eigenvalue weighted by Crippen LogP contribution is -2.50. The van der Waals surface area contributed by atoms with Crippen molar-refractivity contribution in [2.45, 2.75) is 106 Å². The summed E-state index contributed by atoms with van der Waals surface area (Å²) in [5.41, 5.74) is 3.91. The van der Waals surface area contributed by atoms with Crippen LogP contribution in [0.25, 0.3) is 0 Å². The van der Waals surface area contributed by atoms with Gasteiger partial charge in [-0.1, -0.05) is 24.3 Å². The third-order valence-electron chi connectivity index (χ3n) is 10.4. The smallest absolute Gasteiger partial charge is 0.410 e. The third-order valence-corrected chi connectivity index (χ3v) is 10.4. The van der Waals surface area contributed by atoms with E-state index in [-0.39, 0.29) is 17.7 Å². The number of fused-ring (bicyclic) bond motifs is 2. The van der Waals surface area contributed by atoms with E-state index in [2.05, 4.69) is 34.1 Å². The molecule has 4 aliphatic carbocycles. The minimum absolute atomic E-state index is 0.0117. The summed E-state index contributed by atoms with van der Waals surface area (Å²) in [5, 5.41) is 0. The number of likely N-dealkylation sites (tertiary alicyclic amines) is 2. The van der Waals surface area contributed by atoms with E-state index in [0.717, 1.165) is 18.9 Å². The Morgan fingerprint density at radius 1 is 0.968 bits per heavy atom. The number of hydrogen-bond acceptors (Lipinski definition) is 3. The van der Waals surface area contributed by atoms with E-state index in [9.17, 15) is 4.79 Å². The van der Waals surface area contributed by atoms with E-state index in [4.69, 9.17) is 4.74 Å². The Labute approximate surface area is 186 Å². The molecule has 6 aliphatic rings. The molecule has 0 radical (unpaired) electrons.